The van der Waals surface area contributed by atoms with Gasteiger partial charge in [0.1, 0.15) is 0 Å². The van der Waals surface area contributed by atoms with Crippen LogP contribution >= 0.6 is 11.5 Å². The number of nitrogens with two attached hydrogens (primary N) is 1. The molecule has 1 aliphatic heterocycles. The molecule has 2 N–H and O–H groups in total. The molecule has 1 saturated heterocycles. The summed E-state index contributed by atoms with van der Waals surface area (Å²) in [5, 5.41) is 1.08. The van der Waals surface area contributed by atoms with Crippen molar-refractivity contribution < 1.29 is 4.74 Å². The van der Waals surface area contributed by atoms with Crippen molar-refractivity contribution in [3.05, 3.63) is 0 Å². The molecule has 0 spiro atoms. The summed E-state index contributed by atoms with van der Waals surface area (Å²) in [6.45, 7) is 4.42. The van der Waals surface area contributed by atoms with Crippen LogP contribution in [0.4, 0.5) is 10.8 Å². The van der Waals surface area contributed by atoms with Crippen LogP contribution in [0.3, 0.4) is 0 Å². The molecular formula is C9H15N3OS. The molecule has 4 nitrogen and oxygen atoms in total. The second-order valence-corrected chi connectivity index (χ2v) is 4.50. The van der Waals surface area contributed by atoms with Crippen LogP contribution in [0.2, 0.25) is 0 Å². The Morgan fingerprint density at radius 1 is 1.64 bits per heavy atom. The minimum absolute atomic E-state index is 0.507. The zero-order valence-corrected chi connectivity index (χ0v) is 9.30. The fourth-order valence-electron chi connectivity index (χ4n) is 1.80. The molecule has 0 radical (unpaired) electrons. The van der Waals surface area contributed by atoms with Crippen molar-refractivity contribution in [1.29, 1.82) is 0 Å². The second kappa shape index (κ2) is 3.65. The number of ether oxygens (including phenoxy) is 1. The van der Waals surface area contributed by atoms with Gasteiger partial charge in [0.15, 0.2) is 16.6 Å². The highest BCUT2D eigenvalue weighted by molar-refractivity contribution is 7.11. The smallest absolute Gasteiger partial charge is 0.197 e. The quantitative estimate of drug-likeness (QED) is 0.810. The van der Waals surface area contributed by atoms with E-state index in [2.05, 4.69) is 16.2 Å². The lowest BCUT2D eigenvalue weighted by Gasteiger charge is -2.16. The topological polar surface area (TPSA) is 51.4 Å². The number of rotatable bonds is 2. The van der Waals surface area contributed by atoms with E-state index >= 15 is 0 Å². The van der Waals surface area contributed by atoms with Crippen LogP contribution in [-0.2, 0) is 0 Å². The van der Waals surface area contributed by atoms with Gasteiger partial charge in [-0.1, -0.05) is 6.92 Å². The van der Waals surface area contributed by atoms with Crippen molar-refractivity contribution in [2.45, 2.75) is 13.3 Å². The molecule has 1 aromatic rings. The zero-order chi connectivity index (χ0) is 10.1. The molecule has 5 heteroatoms. The van der Waals surface area contributed by atoms with E-state index < -0.39 is 0 Å². The Bertz CT molecular complexity index is 326. The zero-order valence-electron chi connectivity index (χ0n) is 8.49. The summed E-state index contributed by atoms with van der Waals surface area (Å²) < 4.78 is 9.35. The van der Waals surface area contributed by atoms with Gasteiger partial charge >= 0.3 is 0 Å². The number of anilines is 2. The molecule has 1 atom stereocenters. The minimum atomic E-state index is 0.507. The largest absolute Gasteiger partial charge is 0.490 e. The Hall–Kier alpha value is -0.970. The lowest BCUT2D eigenvalue weighted by molar-refractivity contribution is 0.418. The highest BCUT2D eigenvalue weighted by atomic mass is 32.1. The number of hydrogen-bond acceptors (Lipinski definition) is 5. The van der Waals surface area contributed by atoms with Gasteiger partial charge in [-0.05, 0) is 23.9 Å². The van der Waals surface area contributed by atoms with E-state index in [1.807, 2.05) is 0 Å². The van der Waals surface area contributed by atoms with Crippen molar-refractivity contribution >= 4 is 22.4 Å². The van der Waals surface area contributed by atoms with Crippen molar-refractivity contribution in [1.82, 2.24) is 4.37 Å². The van der Waals surface area contributed by atoms with Crippen molar-refractivity contribution in [2.75, 3.05) is 30.8 Å². The van der Waals surface area contributed by atoms with E-state index in [4.69, 9.17) is 10.5 Å². The fourth-order valence-corrected chi connectivity index (χ4v) is 2.62. The maximum atomic E-state index is 5.70. The van der Waals surface area contributed by atoms with Gasteiger partial charge in [-0.15, -0.1) is 0 Å². The summed E-state index contributed by atoms with van der Waals surface area (Å²) in [4.78, 5) is 2.30. The molecule has 0 saturated carbocycles. The number of methoxy groups -OCH3 is 1. The lowest BCUT2D eigenvalue weighted by Crippen LogP contribution is -2.18. The van der Waals surface area contributed by atoms with Crippen molar-refractivity contribution in [2.24, 2.45) is 5.92 Å². The molecule has 2 rings (SSSR count). The Labute approximate surface area is 87.8 Å². The molecule has 0 aromatic carbocycles. The van der Waals surface area contributed by atoms with Gasteiger partial charge in [-0.3, -0.25) is 0 Å². The van der Waals surface area contributed by atoms with Gasteiger partial charge in [-0.2, -0.15) is 4.37 Å². The SMILES string of the molecule is COc1c(N)nsc1N1CCC(C)C1. The van der Waals surface area contributed by atoms with E-state index in [0.29, 0.717) is 5.82 Å². The minimum Gasteiger partial charge on any atom is -0.490 e. The number of nitrogen functional groups attached to an aromatic ring is 1. The molecule has 1 unspecified atom stereocenters. The molecular weight excluding hydrogens is 198 g/mol. The van der Waals surface area contributed by atoms with Gasteiger partial charge < -0.3 is 15.4 Å². The fraction of sp³-hybridized carbons (Fsp3) is 0.667. The standard InChI is InChI=1S/C9H15N3OS/c1-6-3-4-12(5-6)9-7(13-2)8(10)11-14-9/h6H,3-5H2,1-2H3,(H2,10,11). The molecule has 2 heterocycles. The lowest BCUT2D eigenvalue weighted by atomic mass is 10.2. The Balaban J connectivity index is 2.23. The first kappa shape index (κ1) is 9.58. The summed E-state index contributed by atoms with van der Waals surface area (Å²) in [6, 6.07) is 0. The summed E-state index contributed by atoms with van der Waals surface area (Å²) in [5.41, 5.74) is 5.70. The summed E-state index contributed by atoms with van der Waals surface area (Å²) in [5.74, 6) is 2.00. The number of nitrogens with zero attached hydrogens (tertiary/aromatic N) is 2. The number of aromatic nitrogens is 1. The Morgan fingerprint density at radius 2 is 2.43 bits per heavy atom. The van der Waals surface area contributed by atoms with Crippen molar-refractivity contribution in [3.8, 4) is 5.75 Å². The molecule has 0 bridgehead atoms. The third-order valence-electron chi connectivity index (χ3n) is 2.57. The normalized spacial score (nSPS) is 21.6. The van der Waals surface area contributed by atoms with Crippen LogP contribution in [0.25, 0.3) is 0 Å². The van der Waals surface area contributed by atoms with E-state index in [1.165, 1.54) is 18.0 Å². The molecule has 1 aliphatic rings. The first-order valence-electron chi connectivity index (χ1n) is 4.76. The molecule has 78 valence electrons. The van der Waals surface area contributed by atoms with Gasteiger partial charge in [0.2, 0.25) is 0 Å². The summed E-state index contributed by atoms with van der Waals surface area (Å²) in [7, 11) is 1.64. The maximum absolute atomic E-state index is 5.70. The first-order valence-corrected chi connectivity index (χ1v) is 5.53. The third-order valence-corrected chi connectivity index (χ3v) is 3.48. The van der Waals surface area contributed by atoms with E-state index in [-0.39, 0.29) is 0 Å². The van der Waals surface area contributed by atoms with E-state index in [1.54, 1.807) is 7.11 Å². The van der Waals surface area contributed by atoms with Crippen LogP contribution in [0.15, 0.2) is 0 Å². The van der Waals surface area contributed by atoms with Crippen LogP contribution in [0.5, 0.6) is 5.75 Å². The third kappa shape index (κ3) is 1.52. The number of hydrogen-bond donors (Lipinski definition) is 1. The molecule has 14 heavy (non-hydrogen) atoms. The predicted molar refractivity (Wildman–Crippen MR) is 59.1 cm³/mol. The highest BCUT2D eigenvalue weighted by Gasteiger charge is 2.24. The van der Waals surface area contributed by atoms with Gasteiger partial charge in [0.25, 0.3) is 0 Å². The predicted octanol–water partition coefficient (Wildman–Crippen LogP) is 1.58. The van der Waals surface area contributed by atoms with Crippen LogP contribution in [0, 0.1) is 5.92 Å². The summed E-state index contributed by atoms with van der Waals surface area (Å²) >= 11 is 1.43. The second-order valence-electron chi connectivity index (χ2n) is 3.75. The van der Waals surface area contributed by atoms with Crippen LogP contribution < -0.4 is 15.4 Å². The first-order chi connectivity index (χ1) is 6.72. The molecule has 0 aliphatic carbocycles. The Kier molecular flexibility index (Phi) is 2.50. The average molecular weight is 213 g/mol. The van der Waals surface area contributed by atoms with Gasteiger partial charge in [0, 0.05) is 13.1 Å². The summed E-state index contributed by atoms with van der Waals surface area (Å²) in [6.07, 6.45) is 1.24. The van der Waals surface area contributed by atoms with Gasteiger partial charge in [-0.25, -0.2) is 0 Å². The maximum Gasteiger partial charge on any atom is 0.197 e. The van der Waals surface area contributed by atoms with Crippen molar-refractivity contribution in [3.63, 3.8) is 0 Å². The van der Waals surface area contributed by atoms with E-state index in [0.717, 1.165) is 29.8 Å². The molecule has 0 amide bonds. The van der Waals surface area contributed by atoms with Crippen LogP contribution in [0.1, 0.15) is 13.3 Å². The molecule has 1 fully saturated rings. The highest BCUT2D eigenvalue weighted by Crippen LogP contribution is 2.39. The van der Waals surface area contributed by atoms with Gasteiger partial charge in [0.05, 0.1) is 7.11 Å². The monoisotopic (exact) mass is 213 g/mol. The van der Waals surface area contributed by atoms with Crippen LogP contribution in [-0.4, -0.2) is 24.6 Å². The average Bonchev–Trinajstić information content (AvgIpc) is 2.71. The Morgan fingerprint density at radius 3 is 3.00 bits per heavy atom. The molecule has 1 aromatic heterocycles. The van der Waals surface area contributed by atoms with E-state index in [9.17, 15) is 0 Å².